The Morgan fingerprint density at radius 2 is 1.90 bits per heavy atom. The molecule has 5 heteroatoms. The third kappa shape index (κ3) is 2.11. The van der Waals surface area contributed by atoms with Crippen LogP contribution in [0.15, 0.2) is 30.3 Å². The molecular formula is C15H15FN4. The number of benzene rings is 1. The van der Waals surface area contributed by atoms with Crippen molar-refractivity contribution in [3.05, 3.63) is 41.7 Å². The Balaban J connectivity index is 2.10. The number of aromatic amines is 1. The van der Waals surface area contributed by atoms with Gasteiger partial charge in [-0.25, -0.2) is 14.4 Å². The SMILES string of the molecule is Cc1ccc(-c2nc3nc(N(C)C)ccc3[nH]2)cc1F. The van der Waals surface area contributed by atoms with Gasteiger partial charge in [0.15, 0.2) is 5.65 Å². The maximum atomic E-state index is 13.6. The predicted octanol–water partition coefficient (Wildman–Crippen LogP) is 3.14. The number of hydrogen-bond acceptors (Lipinski definition) is 3. The minimum Gasteiger partial charge on any atom is -0.363 e. The number of imidazole rings is 1. The number of hydrogen-bond donors (Lipinski definition) is 1. The first kappa shape index (κ1) is 12.6. The standard InChI is InChI=1S/C15H15FN4/c1-9-4-5-10(8-11(9)16)14-17-12-6-7-13(20(2)3)18-15(12)19-14/h4-8H,1-3H3,(H,17,18,19). The van der Waals surface area contributed by atoms with Crippen molar-refractivity contribution in [3.63, 3.8) is 0 Å². The summed E-state index contributed by atoms with van der Waals surface area (Å²) in [7, 11) is 3.86. The van der Waals surface area contributed by atoms with Crippen molar-refractivity contribution >= 4 is 17.0 Å². The van der Waals surface area contributed by atoms with Gasteiger partial charge in [-0.15, -0.1) is 0 Å². The van der Waals surface area contributed by atoms with Gasteiger partial charge in [-0.1, -0.05) is 12.1 Å². The van der Waals surface area contributed by atoms with E-state index in [1.54, 1.807) is 13.0 Å². The van der Waals surface area contributed by atoms with Crippen molar-refractivity contribution in [2.75, 3.05) is 19.0 Å². The minimum atomic E-state index is -0.232. The Bertz CT molecular complexity index is 777. The van der Waals surface area contributed by atoms with E-state index in [1.165, 1.54) is 6.07 Å². The van der Waals surface area contributed by atoms with Crippen LogP contribution in [0.4, 0.5) is 10.2 Å². The number of aryl methyl sites for hydroxylation is 1. The molecule has 1 aromatic carbocycles. The van der Waals surface area contributed by atoms with E-state index in [1.807, 2.05) is 37.2 Å². The number of halogens is 1. The summed E-state index contributed by atoms with van der Waals surface area (Å²) < 4.78 is 13.6. The number of nitrogens with zero attached hydrogens (tertiary/aromatic N) is 3. The summed E-state index contributed by atoms with van der Waals surface area (Å²) in [5.74, 6) is 1.23. The molecule has 0 aliphatic carbocycles. The highest BCUT2D eigenvalue weighted by molar-refractivity contribution is 5.77. The normalized spacial score (nSPS) is 11.0. The van der Waals surface area contributed by atoms with Crippen molar-refractivity contribution in [2.24, 2.45) is 0 Å². The maximum absolute atomic E-state index is 13.6. The van der Waals surface area contributed by atoms with Crippen LogP contribution >= 0.6 is 0 Å². The number of pyridine rings is 1. The average molecular weight is 270 g/mol. The highest BCUT2D eigenvalue weighted by Gasteiger charge is 2.09. The van der Waals surface area contributed by atoms with E-state index in [4.69, 9.17) is 0 Å². The van der Waals surface area contributed by atoms with E-state index in [0.717, 1.165) is 16.9 Å². The van der Waals surface area contributed by atoms with Crippen molar-refractivity contribution in [1.29, 1.82) is 0 Å². The Morgan fingerprint density at radius 3 is 2.60 bits per heavy atom. The lowest BCUT2D eigenvalue weighted by atomic mass is 10.1. The summed E-state index contributed by atoms with van der Waals surface area (Å²) in [6.45, 7) is 1.74. The zero-order chi connectivity index (χ0) is 14.3. The Kier molecular flexibility index (Phi) is 2.89. The minimum absolute atomic E-state index is 0.232. The largest absolute Gasteiger partial charge is 0.363 e. The van der Waals surface area contributed by atoms with Crippen molar-refractivity contribution < 1.29 is 4.39 Å². The molecule has 0 spiro atoms. The Morgan fingerprint density at radius 1 is 1.10 bits per heavy atom. The van der Waals surface area contributed by atoms with Gasteiger partial charge in [0, 0.05) is 19.7 Å². The number of rotatable bonds is 2. The molecule has 2 heterocycles. The van der Waals surface area contributed by atoms with E-state index < -0.39 is 0 Å². The van der Waals surface area contributed by atoms with E-state index in [2.05, 4.69) is 15.0 Å². The lowest BCUT2D eigenvalue weighted by Crippen LogP contribution is -2.10. The molecule has 0 bridgehead atoms. The molecule has 2 aromatic heterocycles. The second-order valence-corrected chi connectivity index (χ2v) is 4.98. The molecule has 0 atom stereocenters. The zero-order valence-electron chi connectivity index (χ0n) is 11.6. The van der Waals surface area contributed by atoms with Crippen LogP contribution < -0.4 is 4.90 Å². The smallest absolute Gasteiger partial charge is 0.180 e. The summed E-state index contributed by atoms with van der Waals surface area (Å²) >= 11 is 0. The van der Waals surface area contributed by atoms with E-state index in [-0.39, 0.29) is 5.82 Å². The van der Waals surface area contributed by atoms with Crippen LogP contribution in [-0.2, 0) is 0 Å². The second-order valence-electron chi connectivity index (χ2n) is 4.98. The van der Waals surface area contributed by atoms with Gasteiger partial charge in [0.1, 0.15) is 17.5 Å². The van der Waals surface area contributed by atoms with Crippen LogP contribution in [0.2, 0.25) is 0 Å². The number of anilines is 1. The molecule has 1 N–H and O–H groups in total. The van der Waals surface area contributed by atoms with Crippen LogP contribution in [0.25, 0.3) is 22.6 Å². The summed E-state index contributed by atoms with van der Waals surface area (Å²) in [5, 5.41) is 0. The first-order valence-electron chi connectivity index (χ1n) is 6.35. The molecule has 0 saturated carbocycles. The molecule has 0 radical (unpaired) electrons. The highest BCUT2D eigenvalue weighted by Crippen LogP contribution is 2.22. The van der Waals surface area contributed by atoms with Crippen LogP contribution in [-0.4, -0.2) is 29.0 Å². The van der Waals surface area contributed by atoms with Gasteiger partial charge >= 0.3 is 0 Å². The average Bonchev–Trinajstić information content (AvgIpc) is 2.84. The van der Waals surface area contributed by atoms with Crippen LogP contribution in [0, 0.1) is 12.7 Å². The first-order valence-corrected chi connectivity index (χ1v) is 6.35. The molecule has 0 unspecified atom stereocenters. The number of aromatic nitrogens is 3. The third-order valence-electron chi connectivity index (χ3n) is 3.23. The van der Waals surface area contributed by atoms with Gasteiger partial charge in [0.25, 0.3) is 0 Å². The molecule has 0 aliphatic heterocycles. The monoisotopic (exact) mass is 270 g/mol. The fraction of sp³-hybridized carbons (Fsp3) is 0.200. The van der Waals surface area contributed by atoms with Gasteiger partial charge in [-0.05, 0) is 30.7 Å². The van der Waals surface area contributed by atoms with Gasteiger partial charge in [0.2, 0.25) is 0 Å². The summed E-state index contributed by atoms with van der Waals surface area (Å²) in [6, 6.07) is 8.93. The summed E-state index contributed by atoms with van der Waals surface area (Å²) in [5.41, 5.74) is 2.81. The topological polar surface area (TPSA) is 44.8 Å². The fourth-order valence-electron chi connectivity index (χ4n) is 2.01. The molecule has 3 rings (SSSR count). The maximum Gasteiger partial charge on any atom is 0.180 e. The van der Waals surface area contributed by atoms with E-state index in [9.17, 15) is 4.39 Å². The molecule has 20 heavy (non-hydrogen) atoms. The van der Waals surface area contributed by atoms with Crippen LogP contribution in [0.5, 0.6) is 0 Å². The van der Waals surface area contributed by atoms with Gasteiger partial charge in [0.05, 0.1) is 5.52 Å². The molecule has 0 saturated heterocycles. The van der Waals surface area contributed by atoms with Crippen molar-refractivity contribution in [3.8, 4) is 11.4 Å². The predicted molar refractivity (Wildman–Crippen MR) is 78.3 cm³/mol. The molecule has 3 aromatic rings. The van der Waals surface area contributed by atoms with Crippen molar-refractivity contribution in [1.82, 2.24) is 15.0 Å². The van der Waals surface area contributed by atoms with Gasteiger partial charge in [-0.2, -0.15) is 0 Å². The third-order valence-corrected chi connectivity index (χ3v) is 3.23. The molecule has 0 aliphatic rings. The van der Waals surface area contributed by atoms with E-state index in [0.29, 0.717) is 17.0 Å². The Hall–Kier alpha value is -2.43. The second kappa shape index (κ2) is 4.59. The first-order chi connectivity index (χ1) is 9.54. The van der Waals surface area contributed by atoms with Gasteiger partial charge in [-0.3, -0.25) is 0 Å². The molecule has 0 fully saturated rings. The molecule has 4 nitrogen and oxygen atoms in total. The fourth-order valence-corrected chi connectivity index (χ4v) is 2.01. The lowest BCUT2D eigenvalue weighted by molar-refractivity contribution is 0.619. The number of fused-ring (bicyclic) bond motifs is 1. The van der Waals surface area contributed by atoms with Crippen LogP contribution in [0.3, 0.4) is 0 Å². The highest BCUT2D eigenvalue weighted by atomic mass is 19.1. The zero-order valence-corrected chi connectivity index (χ0v) is 11.6. The van der Waals surface area contributed by atoms with Crippen molar-refractivity contribution in [2.45, 2.75) is 6.92 Å². The van der Waals surface area contributed by atoms with Crippen LogP contribution in [0.1, 0.15) is 5.56 Å². The molecule has 0 amide bonds. The van der Waals surface area contributed by atoms with Gasteiger partial charge < -0.3 is 9.88 Å². The molecular weight excluding hydrogens is 255 g/mol. The summed E-state index contributed by atoms with van der Waals surface area (Å²) in [4.78, 5) is 14.0. The Labute approximate surface area is 116 Å². The van der Waals surface area contributed by atoms with E-state index >= 15 is 0 Å². The summed E-state index contributed by atoms with van der Waals surface area (Å²) in [6.07, 6.45) is 0. The molecule has 102 valence electrons. The quantitative estimate of drug-likeness (QED) is 0.778. The number of H-pyrrole nitrogens is 1. The lowest BCUT2D eigenvalue weighted by Gasteiger charge is -2.09. The number of nitrogens with one attached hydrogen (secondary N) is 1.